The zero-order valence-electron chi connectivity index (χ0n) is 20.1. The molecule has 2 N–H and O–H groups in total. The molecule has 1 aliphatic rings. The van der Waals surface area contributed by atoms with Crippen LogP contribution in [-0.4, -0.2) is 22.6 Å². The Balaban J connectivity index is 1.38. The standard InChI is InChI=1S/C28H25Cl2N3O3/c1-16-12-17(2)24(18(3)13-16)32-26(34)21-8-4-19(5-9-21)14-31-25-23(30)27(35)33(28(25)36)15-20-6-10-22(29)11-7-20/h4-13,31H,14-15H2,1-3H3,(H,32,34). The second kappa shape index (κ2) is 10.6. The summed E-state index contributed by atoms with van der Waals surface area (Å²) in [5.74, 6) is -1.24. The highest BCUT2D eigenvalue weighted by atomic mass is 35.5. The van der Waals surface area contributed by atoms with Crippen LogP contribution in [0.4, 0.5) is 5.69 Å². The van der Waals surface area contributed by atoms with E-state index in [0.29, 0.717) is 10.6 Å². The number of nitrogens with one attached hydrogen (secondary N) is 2. The number of benzene rings is 3. The molecule has 0 fully saturated rings. The number of carbonyl (C=O) groups excluding carboxylic acids is 3. The summed E-state index contributed by atoms with van der Waals surface area (Å²) in [6, 6.07) is 18.0. The predicted molar refractivity (Wildman–Crippen MR) is 142 cm³/mol. The Kier molecular flexibility index (Phi) is 7.48. The summed E-state index contributed by atoms with van der Waals surface area (Å²) in [6.07, 6.45) is 0. The van der Waals surface area contributed by atoms with Gasteiger partial charge in [-0.3, -0.25) is 19.3 Å². The van der Waals surface area contributed by atoms with Gasteiger partial charge in [0.15, 0.2) is 0 Å². The third kappa shape index (κ3) is 5.45. The largest absolute Gasteiger partial charge is 0.375 e. The summed E-state index contributed by atoms with van der Waals surface area (Å²) in [7, 11) is 0. The molecule has 0 aromatic heterocycles. The van der Waals surface area contributed by atoms with Crippen molar-refractivity contribution >= 4 is 46.6 Å². The molecule has 0 spiro atoms. The first kappa shape index (κ1) is 25.5. The Labute approximate surface area is 219 Å². The van der Waals surface area contributed by atoms with Gasteiger partial charge in [0.05, 0.1) is 6.54 Å². The SMILES string of the molecule is Cc1cc(C)c(NC(=O)c2ccc(CNC3=C(Cl)C(=O)N(Cc4ccc(Cl)cc4)C3=O)cc2)c(C)c1. The molecule has 3 aromatic carbocycles. The van der Waals surface area contributed by atoms with Crippen molar-refractivity contribution in [1.29, 1.82) is 0 Å². The fourth-order valence-electron chi connectivity index (χ4n) is 4.14. The Morgan fingerprint density at radius 2 is 1.42 bits per heavy atom. The van der Waals surface area contributed by atoms with Crippen LogP contribution in [0.3, 0.4) is 0 Å². The Hall–Kier alpha value is -3.61. The van der Waals surface area contributed by atoms with Crippen molar-refractivity contribution in [2.75, 3.05) is 5.32 Å². The summed E-state index contributed by atoms with van der Waals surface area (Å²) in [4.78, 5) is 39.2. The topological polar surface area (TPSA) is 78.5 Å². The van der Waals surface area contributed by atoms with Crippen LogP contribution in [-0.2, 0) is 22.7 Å². The lowest BCUT2D eigenvalue weighted by atomic mass is 10.0. The summed E-state index contributed by atoms with van der Waals surface area (Å²) >= 11 is 12.1. The molecule has 3 aromatic rings. The van der Waals surface area contributed by atoms with Crippen molar-refractivity contribution in [3.8, 4) is 0 Å². The molecule has 1 aliphatic heterocycles. The monoisotopic (exact) mass is 521 g/mol. The molecular formula is C28H25Cl2N3O3. The lowest BCUT2D eigenvalue weighted by Gasteiger charge is -2.15. The molecule has 0 unspecified atom stereocenters. The van der Waals surface area contributed by atoms with Crippen molar-refractivity contribution in [3.05, 3.63) is 110 Å². The third-order valence-corrected chi connectivity index (χ3v) is 6.57. The van der Waals surface area contributed by atoms with E-state index < -0.39 is 11.8 Å². The first-order valence-electron chi connectivity index (χ1n) is 11.4. The lowest BCUT2D eigenvalue weighted by molar-refractivity contribution is -0.138. The van der Waals surface area contributed by atoms with Crippen molar-refractivity contribution in [1.82, 2.24) is 10.2 Å². The van der Waals surface area contributed by atoms with Crippen molar-refractivity contribution in [2.45, 2.75) is 33.9 Å². The molecule has 6 nitrogen and oxygen atoms in total. The van der Waals surface area contributed by atoms with Gasteiger partial charge < -0.3 is 10.6 Å². The highest BCUT2D eigenvalue weighted by Crippen LogP contribution is 2.25. The van der Waals surface area contributed by atoms with Crippen LogP contribution >= 0.6 is 23.2 Å². The van der Waals surface area contributed by atoms with E-state index >= 15 is 0 Å². The summed E-state index contributed by atoms with van der Waals surface area (Å²) in [5, 5.41) is 6.39. The van der Waals surface area contributed by atoms with Gasteiger partial charge in [0.2, 0.25) is 0 Å². The average molecular weight is 522 g/mol. The van der Waals surface area contributed by atoms with Gasteiger partial charge in [-0.2, -0.15) is 0 Å². The lowest BCUT2D eigenvalue weighted by Crippen LogP contribution is -2.33. The van der Waals surface area contributed by atoms with Crippen LogP contribution in [0.25, 0.3) is 0 Å². The maximum Gasteiger partial charge on any atom is 0.278 e. The number of halogens is 2. The van der Waals surface area contributed by atoms with E-state index in [-0.39, 0.29) is 29.7 Å². The van der Waals surface area contributed by atoms with E-state index in [1.54, 1.807) is 48.5 Å². The average Bonchev–Trinajstić information content (AvgIpc) is 3.04. The van der Waals surface area contributed by atoms with Gasteiger partial charge in [-0.15, -0.1) is 0 Å². The Bertz CT molecular complexity index is 1360. The van der Waals surface area contributed by atoms with Gasteiger partial charge in [0, 0.05) is 22.8 Å². The maximum atomic E-state index is 12.8. The van der Waals surface area contributed by atoms with Gasteiger partial charge in [-0.25, -0.2) is 0 Å². The fourth-order valence-corrected chi connectivity index (χ4v) is 4.52. The highest BCUT2D eigenvalue weighted by molar-refractivity contribution is 6.47. The number of carbonyl (C=O) groups is 3. The smallest absolute Gasteiger partial charge is 0.278 e. The Morgan fingerprint density at radius 1 is 0.833 bits per heavy atom. The predicted octanol–water partition coefficient (Wildman–Crippen LogP) is 5.63. The molecule has 3 amide bonds. The van der Waals surface area contributed by atoms with E-state index in [0.717, 1.165) is 38.4 Å². The summed E-state index contributed by atoms with van der Waals surface area (Å²) in [5.41, 5.74) is 6.12. The molecule has 0 atom stereocenters. The minimum Gasteiger partial charge on any atom is -0.375 e. The quantitative estimate of drug-likeness (QED) is 0.395. The number of anilines is 1. The third-order valence-electron chi connectivity index (χ3n) is 5.97. The second-order valence-corrected chi connectivity index (χ2v) is 9.60. The molecule has 0 aliphatic carbocycles. The molecule has 4 rings (SSSR count). The number of aryl methyl sites for hydroxylation is 3. The number of hydrogen-bond donors (Lipinski definition) is 2. The molecule has 8 heteroatoms. The van der Waals surface area contributed by atoms with Gasteiger partial charge in [0.1, 0.15) is 10.7 Å². The van der Waals surface area contributed by atoms with Gasteiger partial charge in [0.25, 0.3) is 17.7 Å². The van der Waals surface area contributed by atoms with Crippen LogP contribution in [0.5, 0.6) is 0 Å². The van der Waals surface area contributed by atoms with Crippen LogP contribution in [0.1, 0.15) is 38.2 Å². The number of imide groups is 1. The maximum absolute atomic E-state index is 12.8. The normalized spacial score (nSPS) is 13.4. The fraction of sp³-hybridized carbons (Fsp3) is 0.179. The van der Waals surface area contributed by atoms with Gasteiger partial charge in [-0.1, -0.05) is 65.2 Å². The molecular weight excluding hydrogens is 497 g/mol. The van der Waals surface area contributed by atoms with Crippen LogP contribution in [0.15, 0.2) is 71.4 Å². The minimum absolute atomic E-state index is 0.0581. The Morgan fingerprint density at radius 3 is 2.03 bits per heavy atom. The van der Waals surface area contributed by atoms with Gasteiger partial charge in [-0.05, 0) is 67.3 Å². The summed E-state index contributed by atoms with van der Waals surface area (Å²) in [6.45, 7) is 6.32. The van der Waals surface area contributed by atoms with E-state index in [1.165, 1.54) is 0 Å². The minimum atomic E-state index is -0.548. The first-order valence-corrected chi connectivity index (χ1v) is 12.1. The first-order chi connectivity index (χ1) is 17.1. The number of nitrogens with zero attached hydrogens (tertiary/aromatic N) is 1. The van der Waals surface area contributed by atoms with E-state index in [2.05, 4.69) is 10.6 Å². The van der Waals surface area contributed by atoms with Gasteiger partial charge >= 0.3 is 0 Å². The molecule has 0 radical (unpaired) electrons. The van der Waals surface area contributed by atoms with E-state index in [4.69, 9.17) is 23.2 Å². The van der Waals surface area contributed by atoms with Crippen molar-refractivity contribution < 1.29 is 14.4 Å². The van der Waals surface area contributed by atoms with E-state index in [9.17, 15) is 14.4 Å². The molecule has 1 heterocycles. The zero-order valence-corrected chi connectivity index (χ0v) is 21.6. The van der Waals surface area contributed by atoms with Crippen molar-refractivity contribution in [3.63, 3.8) is 0 Å². The number of rotatable bonds is 7. The molecule has 0 bridgehead atoms. The molecule has 0 saturated heterocycles. The molecule has 184 valence electrons. The highest BCUT2D eigenvalue weighted by Gasteiger charge is 2.37. The second-order valence-electron chi connectivity index (χ2n) is 8.79. The number of hydrogen-bond acceptors (Lipinski definition) is 4. The number of amides is 3. The van der Waals surface area contributed by atoms with Crippen LogP contribution in [0.2, 0.25) is 5.02 Å². The zero-order chi connectivity index (χ0) is 26.0. The van der Waals surface area contributed by atoms with Crippen molar-refractivity contribution in [2.24, 2.45) is 0 Å². The molecule has 0 saturated carbocycles. The van der Waals surface area contributed by atoms with Crippen LogP contribution < -0.4 is 10.6 Å². The van der Waals surface area contributed by atoms with E-state index in [1.807, 2.05) is 32.9 Å². The van der Waals surface area contributed by atoms with Crippen LogP contribution in [0, 0.1) is 20.8 Å². The summed E-state index contributed by atoms with van der Waals surface area (Å²) < 4.78 is 0. The molecule has 36 heavy (non-hydrogen) atoms.